The molecule has 122 valence electrons. The maximum absolute atomic E-state index is 12.8. The van der Waals surface area contributed by atoms with Gasteiger partial charge in [-0.15, -0.1) is 0 Å². The Morgan fingerprint density at radius 3 is 2.41 bits per heavy atom. The fraction of sp³-hybridized carbons (Fsp3) is 0.667. The summed E-state index contributed by atoms with van der Waals surface area (Å²) in [4.78, 5) is 26.6. The van der Waals surface area contributed by atoms with Gasteiger partial charge in [0.2, 0.25) is 11.8 Å². The minimum Gasteiger partial charge on any atom is -0.357 e. The molecular formula is C15H26N4O2Si. The summed E-state index contributed by atoms with van der Waals surface area (Å²) in [7, 11) is 1.50. The van der Waals surface area contributed by atoms with E-state index in [9.17, 15) is 9.59 Å². The van der Waals surface area contributed by atoms with Crippen molar-refractivity contribution in [3.8, 4) is 0 Å². The van der Waals surface area contributed by atoms with Crippen molar-refractivity contribution in [2.45, 2.75) is 51.4 Å². The summed E-state index contributed by atoms with van der Waals surface area (Å²) in [6.45, 7) is 10.8. The molecule has 2 amide bonds. The van der Waals surface area contributed by atoms with Gasteiger partial charge in [-0.1, -0.05) is 33.9 Å². The molecule has 1 fully saturated rings. The van der Waals surface area contributed by atoms with Crippen LogP contribution in [0.25, 0.3) is 0 Å². The van der Waals surface area contributed by atoms with E-state index < -0.39 is 8.24 Å². The first-order chi connectivity index (χ1) is 9.98. The average Bonchev–Trinajstić information content (AvgIpc) is 2.78. The van der Waals surface area contributed by atoms with Gasteiger partial charge in [0, 0.05) is 20.2 Å². The molecule has 1 saturated heterocycles. The maximum atomic E-state index is 12.8. The third kappa shape index (κ3) is 2.47. The van der Waals surface area contributed by atoms with E-state index in [1.54, 1.807) is 35.9 Å². The second-order valence-electron chi connectivity index (χ2n) is 7.50. The molecule has 1 unspecified atom stereocenters. The van der Waals surface area contributed by atoms with Crippen molar-refractivity contribution in [2.75, 3.05) is 11.9 Å². The van der Waals surface area contributed by atoms with Crippen LogP contribution < -0.4 is 4.90 Å². The van der Waals surface area contributed by atoms with Crippen molar-refractivity contribution in [2.24, 2.45) is 7.05 Å². The fourth-order valence-electron chi connectivity index (χ4n) is 2.71. The number of likely N-dealkylation sites (N-methyl/N-ethyl adjacent to an activating group) is 1. The summed E-state index contributed by atoms with van der Waals surface area (Å²) in [5, 5.41) is 4.12. The number of nitrogens with zero attached hydrogens (tertiary/aromatic N) is 4. The van der Waals surface area contributed by atoms with Crippen LogP contribution in [0.1, 0.15) is 27.2 Å². The van der Waals surface area contributed by atoms with Gasteiger partial charge in [0.05, 0.1) is 12.6 Å². The van der Waals surface area contributed by atoms with Gasteiger partial charge in [-0.05, 0) is 5.04 Å². The van der Waals surface area contributed by atoms with Crippen LogP contribution in [-0.2, 0) is 16.6 Å². The molecule has 1 atom stereocenters. The van der Waals surface area contributed by atoms with E-state index in [0.717, 1.165) is 5.82 Å². The van der Waals surface area contributed by atoms with Crippen LogP contribution in [0.5, 0.6) is 0 Å². The molecule has 2 heterocycles. The second kappa shape index (κ2) is 5.22. The number of aryl methyl sites for hydroxylation is 1. The van der Waals surface area contributed by atoms with Crippen LogP contribution in [0.3, 0.4) is 0 Å². The van der Waals surface area contributed by atoms with E-state index in [1.165, 1.54) is 0 Å². The highest BCUT2D eigenvalue weighted by Gasteiger charge is 2.54. The predicted octanol–water partition coefficient (Wildman–Crippen LogP) is 1.99. The normalized spacial score (nSPS) is 19.1. The van der Waals surface area contributed by atoms with Crippen LogP contribution in [-0.4, -0.2) is 47.5 Å². The van der Waals surface area contributed by atoms with E-state index >= 15 is 0 Å². The minimum absolute atomic E-state index is 0.0205. The monoisotopic (exact) mass is 322 g/mol. The van der Waals surface area contributed by atoms with E-state index in [4.69, 9.17) is 0 Å². The smallest absolute Gasteiger partial charge is 0.250 e. The van der Waals surface area contributed by atoms with E-state index in [0.29, 0.717) is 6.42 Å². The van der Waals surface area contributed by atoms with Crippen molar-refractivity contribution in [3.63, 3.8) is 0 Å². The topological polar surface area (TPSA) is 58.4 Å². The molecule has 0 saturated carbocycles. The number of hydrogen-bond donors (Lipinski definition) is 0. The Hall–Kier alpha value is -1.63. The molecule has 22 heavy (non-hydrogen) atoms. The van der Waals surface area contributed by atoms with Gasteiger partial charge in [0.1, 0.15) is 11.9 Å². The second-order valence-corrected chi connectivity index (χ2v) is 12.6. The van der Waals surface area contributed by atoms with Gasteiger partial charge in [-0.2, -0.15) is 5.10 Å². The summed E-state index contributed by atoms with van der Waals surface area (Å²) in [5.74, 6) is 0.802. The molecule has 1 aromatic heterocycles. The molecule has 0 aliphatic carbocycles. The van der Waals surface area contributed by atoms with Gasteiger partial charge >= 0.3 is 0 Å². The Bertz CT molecular complexity index is 603. The molecule has 0 bridgehead atoms. The Morgan fingerprint density at radius 1 is 1.41 bits per heavy atom. The third-order valence-corrected chi connectivity index (χ3v) is 10.6. The molecule has 1 aliphatic rings. The number of carbonyl (C=O) groups excluding carboxylic acids is 2. The Labute approximate surface area is 133 Å². The van der Waals surface area contributed by atoms with Gasteiger partial charge in [0.15, 0.2) is 8.24 Å². The molecule has 7 heteroatoms. The number of β-lactam (4-membered cyclic amide) rings is 1. The lowest BCUT2D eigenvalue weighted by Gasteiger charge is -2.54. The first kappa shape index (κ1) is 16.7. The largest absolute Gasteiger partial charge is 0.357 e. The number of hydrogen-bond acceptors (Lipinski definition) is 3. The summed E-state index contributed by atoms with van der Waals surface area (Å²) in [6, 6.07) is 1.46. The van der Waals surface area contributed by atoms with Gasteiger partial charge < -0.3 is 4.57 Å². The van der Waals surface area contributed by atoms with E-state index in [2.05, 4.69) is 39.0 Å². The van der Waals surface area contributed by atoms with Crippen molar-refractivity contribution in [3.05, 3.63) is 12.3 Å². The first-order valence-electron chi connectivity index (χ1n) is 7.56. The first-order valence-corrected chi connectivity index (χ1v) is 10.5. The highest BCUT2D eigenvalue weighted by atomic mass is 28.3. The van der Waals surface area contributed by atoms with Gasteiger partial charge in [0.25, 0.3) is 0 Å². The van der Waals surface area contributed by atoms with Gasteiger partial charge in [-0.3, -0.25) is 19.2 Å². The summed E-state index contributed by atoms with van der Waals surface area (Å²) < 4.78 is 3.54. The standard InChI is InChI=1S/C15H26N4O2Si/c1-15(2,3)22(6,7)19-11(10-13(19)20)14(21)17(4)12-8-9-16-18(12)5/h8-9,11H,10H2,1-7H3. The van der Waals surface area contributed by atoms with Crippen molar-refractivity contribution in [1.29, 1.82) is 0 Å². The van der Waals surface area contributed by atoms with Crippen molar-refractivity contribution < 1.29 is 9.59 Å². The van der Waals surface area contributed by atoms with E-state index in [1.807, 2.05) is 4.57 Å². The summed E-state index contributed by atoms with van der Waals surface area (Å²) in [6.07, 6.45) is 1.98. The Balaban J connectivity index is 2.24. The average molecular weight is 322 g/mol. The number of carbonyl (C=O) groups is 2. The molecule has 2 rings (SSSR count). The predicted molar refractivity (Wildman–Crippen MR) is 89.1 cm³/mol. The molecule has 1 aliphatic heterocycles. The molecule has 0 aromatic carbocycles. The zero-order valence-corrected chi connectivity index (χ0v) is 15.5. The number of anilines is 1. The fourth-order valence-corrected chi connectivity index (χ4v) is 5.13. The Morgan fingerprint density at radius 2 is 2.00 bits per heavy atom. The maximum Gasteiger partial charge on any atom is 0.250 e. The lowest BCUT2D eigenvalue weighted by Crippen LogP contribution is -2.71. The lowest BCUT2D eigenvalue weighted by molar-refractivity contribution is -0.146. The van der Waals surface area contributed by atoms with E-state index in [-0.39, 0.29) is 22.9 Å². The highest BCUT2D eigenvalue weighted by molar-refractivity contribution is 6.80. The highest BCUT2D eigenvalue weighted by Crippen LogP contribution is 2.43. The Kier molecular flexibility index (Phi) is 3.97. The molecule has 1 aromatic rings. The number of amides is 2. The molecular weight excluding hydrogens is 296 g/mol. The van der Waals surface area contributed by atoms with Crippen LogP contribution in [0.4, 0.5) is 5.82 Å². The molecule has 0 radical (unpaired) electrons. The zero-order valence-electron chi connectivity index (χ0n) is 14.5. The minimum atomic E-state index is -2.04. The quantitative estimate of drug-likeness (QED) is 0.631. The van der Waals surface area contributed by atoms with Crippen molar-refractivity contribution >= 4 is 25.9 Å². The summed E-state index contributed by atoms with van der Waals surface area (Å²) >= 11 is 0. The van der Waals surface area contributed by atoms with Crippen LogP contribution in [0.15, 0.2) is 12.3 Å². The third-order valence-electron chi connectivity index (χ3n) is 5.14. The summed E-state index contributed by atoms with van der Waals surface area (Å²) in [5.41, 5.74) is 0. The number of aromatic nitrogens is 2. The molecule has 6 nitrogen and oxygen atoms in total. The van der Waals surface area contributed by atoms with Crippen LogP contribution in [0, 0.1) is 0 Å². The lowest BCUT2D eigenvalue weighted by atomic mass is 10.1. The zero-order chi connectivity index (χ0) is 16.9. The van der Waals surface area contributed by atoms with Crippen molar-refractivity contribution in [1.82, 2.24) is 14.3 Å². The van der Waals surface area contributed by atoms with Crippen LogP contribution >= 0.6 is 0 Å². The SMILES string of the molecule is CN(C(=O)C1CC(=O)N1[Si](C)(C)C(C)(C)C)c1ccnn1C. The number of rotatable bonds is 3. The van der Waals surface area contributed by atoms with Gasteiger partial charge in [-0.25, -0.2) is 0 Å². The molecule has 0 spiro atoms. The van der Waals surface area contributed by atoms with Crippen LogP contribution in [0.2, 0.25) is 18.1 Å². The molecule has 0 N–H and O–H groups in total.